The zero-order valence-corrected chi connectivity index (χ0v) is 7.69. The Bertz CT molecular complexity index is 234. The molecular formula is C7H12NO3P. The van der Waals surface area contributed by atoms with Crippen LogP contribution in [0.4, 0.5) is 5.69 Å². The molecule has 0 atom stereocenters. The zero-order valence-electron chi connectivity index (χ0n) is 6.69. The number of hydrogen-bond acceptors (Lipinski definition) is 4. The van der Waals surface area contributed by atoms with E-state index in [0.717, 1.165) is 0 Å². The van der Waals surface area contributed by atoms with Crippen LogP contribution < -0.4 is 5.48 Å². The van der Waals surface area contributed by atoms with Gasteiger partial charge in [-0.25, -0.2) is 0 Å². The fourth-order valence-corrected chi connectivity index (χ4v) is 0.973. The molecule has 3 N–H and O–H groups in total. The van der Waals surface area contributed by atoms with Gasteiger partial charge in [0.1, 0.15) is 0 Å². The molecule has 0 saturated heterocycles. The van der Waals surface area contributed by atoms with Crippen LogP contribution in [0.2, 0.25) is 0 Å². The van der Waals surface area contributed by atoms with Gasteiger partial charge in [-0.05, 0) is 0 Å². The van der Waals surface area contributed by atoms with E-state index in [4.69, 9.17) is 9.79 Å². The maximum absolute atomic E-state index is 8.89. The predicted molar refractivity (Wildman–Crippen MR) is 49.8 cm³/mol. The summed E-state index contributed by atoms with van der Waals surface area (Å²) in [7, 11) is -3.45. The number of hydrogen-bond donors (Lipinski definition) is 3. The first-order valence-corrected chi connectivity index (χ1v) is 5.82. The van der Waals surface area contributed by atoms with Gasteiger partial charge in [-0.3, -0.25) is 0 Å². The average molecular weight is 189 g/mol. The Balaban J connectivity index is 2.44. The number of para-hydroxylation sites is 1. The summed E-state index contributed by atoms with van der Waals surface area (Å²) in [5.41, 5.74) is 3.14. The molecule has 68 valence electrons. The van der Waals surface area contributed by atoms with Crippen LogP contribution in [0.5, 0.6) is 0 Å². The van der Waals surface area contributed by atoms with Crippen LogP contribution in [0, 0.1) is 0 Å². The molecule has 5 heteroatoms. The second-order valence-corrected chi connectivity index (χ2v) is 4.58. The van der Waals surface area contributed by atoms with Gasteiger partial charge < -0.3 is 0 Å². The molecule has 0 spiro atoms. The van der Waals surface area contributed by atoms with Gasteiger partial charge in [-0.1, -0.05) is 0 Å². The molecule has 0 saturated carbocycles. The van der Waals surface area contributed by atoms with Gasteiger partial charge in [0.05, 0.1) is 0 Å². The summed E-state index contributed by atoms with van der Waals surface area (Å²) >= 11 is 0. The van der Waals surface area contributed by atoms with E-state index >= 15 is 0 Å². The first kappa shape index (κ1) is 9.42. The SMILES string of the molecule is C[PH](O)(O)ONc1ccccc1. The summed E-state index contributed by atoms with van der Waals surface area (Å²) in [5, 5.41) is 0. The van der Waals surface area contributed by atoms with Crippen molar-refractivity contribution in [1.82, 2.24) is 0 Å². The molecule has 1 aromatic rings. The Morgan fingerprint density at radius 2 is 1.83 bits per heavy atom. The van der Waals surface area contributed by atoms with Crippen molar-refractivity contribution in [2.24, 2.45) is 0 Å². The molecule has 1 rings (SSSR count). The van der Waals surface area contributed by atoms with Gasteiger partial charge in [0.15, 0.2) is 0 Å². The van der Waals surface area contributed by atoms with Gasteiger partial charge >= 0.3 is 70.5 Å². The number of rotatable bonds is 3. The van der Waals surface area contributed by atoms with Crippen molar-refractivity contribution in [3.8, 4) is 0 Å². The molecule has 0 aromatic heterocycles. The predicted octanol–water partition coefficient (Wildman–Crippen LogP) is 1.14. The van der Waals surface area contributed by atoms with Gasteiger partial charge in [-0.2, -0.15) is 0 Å². The van der Waals surface area contributed by atoms with E-state index in [0.29, 0.717) is 5.69 Å². The number of anilines is 1. The van der Waals surface area contributed by atoms with Crippen LogP contribution in [0.25, 0.3) is 0 Å². The Morgan fingerprint density at radius 1 is 1.25 bits per heavy atom. The van der Waals surface area contributed by atoms with Crippen molar-refractivity contribution in [2.75, 3.05) is 12.1 Å². The topological polar surface area (TPSA) is 61.7 Å². The molecular weight excluding hydrogens is 177 g/mol. The van der Waals surface area contributed by atoms with Crippen molar-refractivity contribution in [3.05, 3.63) is 30.3 Å². The molecule has 0 aliphatic carbocycles. The molecule has 0 bridgehead atoms. The van der Waals surface area contributed by atoms with Crippen LogP contribution in [-0.2, 0) is 4.62 Å². The molecule has 0 fully saturated rings. The Hall–Kier alpha value is -0.670. The molecule has 0 aliphatic rings. The fraction of sp³-hybridized carbons (Fsp3) is 0.143. The van der Waals surface area contributed by atoms with Gasteiger partial charge in [0.2, 0.25) is 0 Å². The second kappa shape index (κ2) is 3.83. The molecule has 12 heavy (non-hydrogen) atoms. The first-order valence-electron chi connectivity index (χ1n) is 3.52. The van der Waals surface area contributed by atoms with Gasteiger partial charge in [-0.15, -0.1) is 0 Å². The average Bonchev–Trinajstić information content (AvgIpc) is 2.02. The van der Waals surface area contributed by atoms with E-state index in [1.807, 2.05) is 18.2 Å². The third-order valence-electron chi connectivity index (χ3n) is 1.14. The number of benzene rings is 1. The van der Waals surface area contributed by atoms with Gasteiger partial charge in [0, 0.05) is 0 Å². The van der Waals surface area contributed by atoms with Crippen molar-refractivity contribution >= 4 is 13.6 Å². The van der Waals surface area contributed by atoms with Crippen molar-refractivity contribution in [2.45, 2.75) is 0 Å². The third-order valence-corrected chi connectivity index (χ3v) is 1.62. The first-order chi connectivity index (χ1) is 5.58. The Labute approximate surface area is 71.3 Å². The summed E-state index contributed by atoms with van der Waals surface area (Å²) in [6.45, 7) is 1.25. The van der Waals surface area contributed by atoms with E-state index < -0.39 is 7.94 Å². The summed E-state index contributed by atoms with van der Waals surface area (Å²) in [6, 6.07) is 9.03. The standard InChI is InChI=1S/C7H12NO3P/c1-12(9,10)11-8-7-5-3-2-4-6-7/h2-6,8-10,12H,1H3. The van der Waals surface area contributed by atoms with Crippen molar-refractivity contribution in [1.29, 1.82) is 0 Å². The molecule has 1 aromatic carbocycles. The molecule has 0 radical (unpaired) electrons. The molecule has 0 unspecified atom stereocenters. The van der Waals surface area contributed by atoms with Crippen LogP contribution in [0.15, 0.2) is 30.3 Å². The summed E-state index contributed by atoms with van der Waals surface area (Å²) in [4.78, 5) is 17.8. The number of nitrogens with one attached hydrogen (secondary N) is 1. The van der Waals surface area contributed by atoms with E-state index in [9.17, 15) is 0 Å². The molecule has 0 aliphatic heterocycles. The summed E-state index contributed by atoms with van der Waals surface area (Å²) in [6.07, 6.45) is 0. The third kappa shape index (κ3) is 3.64. The van der Waals surface area contributed by atoms with E-state index in [-0.39, 0.29) is 0 Å². The molecule has 0 amide bonds. The van der Waals surface area contributed by atoms with Gasteiger partial charge in [0.25, 0.3) is 0 Å². The molecule has 0 heterocycles. The quantitative estimate of drug-likeness (QED) is 0.493. The summed E-state index contributed by atoms with van der Waals surface area (Å²) in [5.74, 6) is 0. The van der Waals surface area contributed by atoms with Crippen LogP contribution in [0.1, 0.15) is 0 Å². The van der Waals surface area contributed by atoms with Crippen LogP contribution >= 0.6 is 7.94 Å². The second-order valence-electron chi connectivity index (χ2n) is 2.50. The normalized spacial score (nSPS) is 12.6. The Morgan fingerprint density at radius 3 is 2.33 bits per heavy atom. The minimum absolute atomic E-state index is 0.694. The maximum atomic E-state index is 8.89. The zero-order chi connectivity index (χ0) is 9.03. The van der Waals surface area contributed by atoms with E-state index in [1.54, 1.807) is 12.1 Å². The van der Waals surface area contributed by atoms with Crippen molar-refractivity contribution < 1.29 is 14.4 Å². The summed E-state index contributed by atoms with van der Waals surface area (Å²) < 4.78 is 4.62. The molecule has 4 nitrogen and oxygen atoms in total. The van der Waals surface area contributed by atoms with Crippen LogP contribution in [-0.4, -0.2) is 16.5 Å². The minimum atomic E-state index is -3.45. The van der Waals surface area contributed by atoms with E-state index in [2.05, 4.69) is 10.1 Å². The van der Waals surface area contributed by atoms with Crippen LogP contribution in [0.3, 0.4) is 0 Å². The monoisotopic (exact) mass is 189 g/mol. The van der Waals surface area contributed by atoms with E-state index in [1.165, 1.54) is 6.66 Å². The fourth-order valence-electron chi connectivity index (χ4n) is 0.662. The van der Waals surface area contributed by atoms with Crippen molar-refractivity contribution in [3.63, 3.8) is 0 Å². The Kier molecular flexibility index (Phi) is 3.00.